The van der Waals surface area contributed by atoms with Crippen LogP contribution in [0.5, 0.6) is 0 Å². The van der Waals surface area contributed by atoms with Crippen LogP contribution in [-0.2, 0) is 25.7 Å². The summed E-state index contributed by atoms with van der Waals surface area (Å²) in [5.74, 6) is 0. The largest absolute Gasteiger partial charge is 0.291 e. The summed E-state index contributed by atoms with van der Waals surface area (Å²) in [4.78, 5) is 10.8. The van der Waals surface area contributed by atoms with Crippen molar-refractivity contribution in [1.82, 2.24) is 0 Å². The highest BCUT2D eigenvalue weighted by atomic mass is 79.9. The smallest absolute Gasteiger partial charge is 0.258 e. The Kier molecular flexibility index (Phi) is 14.6. The van der Waals surface area contributed by atoms with Crippen molar-refractivity contribution in [2.75, 3.05) is 0 Å². The summed E-state index contributed by atoms with van der Waals surface area (Å²) in [5.41, 5.74) is 3.57. The molecule has 0 heterocycles. The average molecular weight is 757 g/mol. The minimum Gasteiger partial charge on any atom is -0.258 e. The van der Waals surface area contributed by atoms with Crippen LogP contribution in [0.1, 0.15) is 72.9 Å². The topological polar surface area (TPSA) is 138 Å². The van der Waals surface area contributed by atoms with Crippen molar-refractivity contribution < 1.29 is 4.92 Å². The highest BCUT2D eigenvalue weighted by Crippen LogP contribution is 2.41. The van der Waals surface area contributed by atoms with Gasteiger partial charge in [0.2, 0.25) is 0 Å². The lowest BCUT2D eigenvalue weighted by Crippen LogP contribution is -2.06. The van der Waals surface area contributed by atoms with Crippen LogP contribution >= 0.6 is 63.7 Å². The Bertz CT molecular complexity index is 1330. The molecule has 192 valence electrons. The third-order valence-corrected chi connectivity index (χ3v) is 9.90. The van der Waals surface area contributed by atoms with Crippen molar-refractivity contribution in [3.05, 3.63) is 67.5 Å². The summed E-state index contributed by atoms with van der Waals surface area (Å²) in [6, 6.07) is 10.1. The predicted molar refractivity (Wildman–Crippen MR) is 156 cm³/mol. The first-order valence-electron chi connectivity index (χ1n) is 11.4. The first kappa shape index (κ1) is 32.7. The number of halogens is 4. The number of hydrogen-bond acceptors (Lipinski definition) is 6. The molecule has 0 aliphatic heterocycles. The summed E-state index contributed by atoms with van der Waals surface area (Å²) in [6.07, 6.45) is 5.61. The Morgan fingerprint density at radius 3 is 1.81 bits per heavy atom. The van der Waals surface area contributed by atoms with Gasteiger partial charge < -0.3 is 0 Å². The minimum atomic E-state index is -0.540. The molecular weight excluding hydrogens is 734 g/mol. The summed E-state index contributed by atoms with van der Waals surface area (Å²) in [7, 11) is 0. The molecule has 0 fully saturated rings. The van der Waals surface area contributed by atoms with E-state index >= 15 is 0 Å². The molecule has 0 aliphatic carbocycles. The van der Waals surface area contributed by atoms with Crippen molar-refractivity contribution in [1.29, 1.82) is 21.0 Å². The van der Waals surface area contributed by atoms with Gasteiger partial charge in [0.1, 0.15) is 17.7 Å². The van der Waals surface area contributed by atoms with Crippen LogP contribution < -0.4 is 0 Å². The SMILES string of the molecule is CCCCc1c(CC#N)c(Br)c(Br)c(C#N)c1[N+](=O)[O-].CCCCc1cc(C#N)c(Br)c(Br)c1CC#N. The molecular formula is C26H23Br4N5O2. The molecule has 0 radical (unpaired) electrons. The number of nitrogens with zero attached hydrogens (tertiary/aromatic N) is 5. The third kappa shape index (κ3) is 8.36. The van der Waals surface area contributed by atoms with Gasteiger partial charge in [-0.25, -0.2) is 0 Å². The van der Waals surface area contributed by atoms with E-state index in [1.807, 2.05) is 25.1 Å². The maximum Gasteiger partial charge on any atom is 0.291 e. The second kappa shape index (κ2) is 16.5. The molecule has 0 N–H and O–H groups in total. The van der Waals surface area contributed by atoms with Crippen LogP contribution in [0.15, 0.2) is 24.0 Å². The lowest BCUT2D eigenvalue weighted by Gasteiger charge is -2.13. The van der Waals surface area contributed by atoms with Crippen molar-refractivity contribution >= 4 is 69.4 Å². The number of aryl methyl sites for hydroxylation is 1. The van der Waals surface area contributed by atoms with Gasteiger partial charge in [0.05, 0.1) is 39.9 Å². The van der Waals surface area contributed by atoms with Crippen LogP contribution in [0, 0.1) is 55.4 Å². The fourth-order valence-corrected chi connectivity index (χ4v) is 5.76. The molecule has 0 bridgehead atoms. The lowest BCUT2D eigenvalue weighted by atomic mass is 9.95. The van der Waals surface area contributed by atoms with Crippen LogP contribution in [0.4, 0.5) is 5.69 Å². The molecule has 0 saturated carbocycles. The van der Waals surface area contributed by atoms with Gasteiger partial charge in [-0.05, 0) is 112 Å². The number of unbranched alkanes of at least 4 members (excludes halogenated alkanes) is 2. The van der Waals surface area contributed by atoms with Crippen molar-refractivity contribution in [3.63, 3.8) is 0 Å². The zero-order chi connectivity index (χ0) is 28.1. The minimum absolute atomic E-state index is 0.00494. The van der Waals surface area contributed by atoms with Gasteiger partial charge in [-0.1, -0.05) is 26.7 Å². The average Bonchev–Trinajstić information content (AvgIpc) is 2.88. The van der Waals surface area contributed by atoms with Crippen LogP contribution in [0.3, 0.4) is 0 Å². The van der Waals surface area contributed by atoms with E-state index in [9.17, 15) is 15.4 Å². The zero-order valence-corrected chi connectivity index (χ0v) is 26.6. The first-order chi connectivity index (χ1) is 17.6. The van der Waals surface area contributed by atoms with E-state index in [1.165, 1.54) is 0 Å². The molecule has 0 unspecified atom stereocenters. The normalized spacial score (nSPS) is 9.78. The number of hydrogen-bond donors (Lipinski definition) is 0. The molecule has 37 heavy (non-hydrogen) atoms. The number of rotatable bonds is 9. The number of benzene rings is 2. The summed E-state index contributed by atoms with van der Waals surface area (Å²) >= 11 is 13.4. The van der Waals surface area contributed by atoms with E-state index in [4.69, 9.17) is 15.8 Å². The van der Waals surface area contributed by atoms with E-state index in [0.717, 1.165) is 52.2 Å². The molecule has 0 spiro atoms. The Morgan fingerprint density at radius 2 is 1.32 bits per heavy atom. The van der Waals surface area contributed by atoms with Gasteiger partial charge in [-0.15, -0.1) is 0 Å². The monoisotopic (exact) mass is 753 g/mol. The van der Waals surface area contributed by atoms with Gasteiger partial charge in [0.15, 0.2) is 0 Å². The second-order valence-corrected chi connectivity index (χ2v) is 11.0. The molecule has 0 aliphatic rings. The van der Waals surface area contributed by atoms with Gasteiger partial charge >= 0.3 is 0 Å². The van der Waals surface area contributed by atoms with E-state index in [-0.39, 0.29) is 17.7 Å². The standard InChI is InChI=1S/C13H11Br2N3O2.C13H12Br2N2/c1-2-3-4-9-8(5-6-16)11(14)12(15)10(7-17)13(9)18(19)20;1-2-3-4-9-7-10(8-17)12(14)13(15)11(9)5-6-16/h2-5H2,1H3;7H,2-5H2,1H3. The molecule has 11 heteroatoms. The zero-order valence-electron chi connectivity index (χ0n) is 20.3. The fourth-order valence-electron chi connectivity index (χ4n) is 3.62. The maximum absolute atomic E-state index is 11.3. The van der Waals surface area contributed by atoms with E-state index in [2.05, 4.69) is 82.8 Å². The maximum atomic E-state index is 11.3. The fraction of sp³-hybridized carbons (Fsp3) is 0.385. The van der Waals surface area contributed by atoms with E-state index in [1.54, 1.807) is 0 Å². The third-order valence-electron chi connectivity index (χ3n) is 5.47. The van der Waals surface area contributed by atoms with Crippen LogP contribution in [0.25, 0.3) is 0 Å². The molecule has 0 atom stereocenters. The van der Waals surface area contributed by atoms with Gasteiger partial charge in [0, 0.05) is 19.0 Å². The number of nitriles is 4. The Labute approximate surface area is 250 Å². The highest BCUT2D eigenvalue weighted by Gasteiger charge is 2.28. The Balaban J connectivity index is 0.000000375. The van der Waals surface area contributed by atoms with E-state index < -0.39 is 4.92 Å². The summed E-state index contributed by atoms with van der Waals surface area (Å²) in [5, 5.41) is 47.3. The second-order valence-electron chi connectivity index (χ2n) is 7.86. The van der Waals surface area contributed by atoms with Gasteiger partial charge in [0.25, 0.3) is 5.69 Å². The van der Waals surface area contributed by atoms with Crippen molar-refractivity contribution in [2.24, 2.45) is 0 Å². The quantitative estimate of drug-likeness (QED) is 0.185. The molecule has 7 nitrogen and oxygen atoms in total. The first-order valence-corrected chi connectivity index (χ1v) is 14.5. The van der Waals surface area contributed by atoms with Gasteiger partial charge in [-0.2, -0.15) is 21.0 Å². The Hall–Kier alpha value is -2.28. The molecule has 0 aromatic heterocycles. The van der Waals surface area contributed by atoms with Crippen LogP contribution in [0.2, 0.25) is 0 Å². The summed E-state index contributed by atoms with van der Waals surface area (Å²) in [6.45, 7) is 4.11. The van der Waals surface area contributed by atoms with E-state index in [0.29, 0.717) is 38.5 Å². The molecule has 0 amide bonds. The molecule has 0 saturated heterocycles. The number of nitro groups is 1. The molecule has 2 aromatic rings. The van der Waals surface area contributed by atoms with Crippen LogP contribution in [-0.4, -0.2) is 4.92 Å². The lowest BCUT2D eigenvalue weighted by molar-refractivity contribution is -0.386. The highest BCUT2D eigenvalue weighted by molar-refractivity contribution is 9.13. The van der Waals surface area contributed by atoms with Crippen molar-refractivity contribution in [2.45, 2.75) is 65.2 Å². The summed E-state index contributed by atoms with van der Waals surface area (Å²) < 4.78 is 2.46. The molecule has 2 aromatic carbocycles. The number of nitro benzene ring substituents is 1. The van der Waals surface area contributed by atoms with Gasteiger partial charge in [-0.3, -0.25) is 10.1 Å². The predicted octanol–water partition coefficient (Wildman–Crippen LogP) is 8.89. The van der Waals surface area contributed by atoms with Crippen molar-refractivity contribution in [3.8, 4) is 24.3 Å². The Morgan fingerprint density at radius 1 is 0.784 bits per heavy atom. The molecule has 2 rings (SSSR count).